The maximum absolute atomic E-state index is 10.3. The highest BCUT2D eigenvalue weighted by Crippen LogP contribution is 2.62. The van der Waals surface area contributed by atoms with E-state index in [-0.39, 0.29) is 0 Å². The van der Waals surface area contributed by atoms with Gasteiger partial charge in [0.25, 0.3) is 5.85 Å². The summed E-state index contributed by atoms with van der Waals surface area (Å²) in [5, 5.41) is 0.329. The van der Waals surface area contributed by atoms with Crippen molar-refractivity contribution >= 4 is 28.3 Å². The predicted octanol–water partition coefficient (Wildman–Crippen LogP) is 3.19. The lowest BCUT2D eigenvalue weighted by molar-refractivity contribution is 0.596. The third-order valence-electron chi connectivity index (χ3n) is 0.444. The zero-order valence-corrected chi connectivity index (χ0v) is 6.22. The number of halogens is 2. The van der Waals surface area contributed by atoms with E-state index in [9.17, 15) is 4.57 Å². The molecule has 0 aromatic rings. The molecule has 0 aliphatic rings. The molecule has 0 aromatic heterocycles. The minimum absolute atomic E-state index is 0.329. The molecule has 7 heavy (non-hydrogen) atoms. The van der Waals surface area contributed by atoms with Crippen LogP contribution in [0.2, 0.25) is 0 Å². The van der Waals surface area contributed by atoms with Gasteiger partial charge in [0.05, 0.1) is 0 Å². The first-order valence-electron chi connectivity index (χ1n) is 1.60. The summed E-state index contributed by atoms with van der Waals surface area (Å²) in [7, 11) is 0. The van der Waals surface area contributed by atoms with Gasteiger partial charge in [-0.2, -0.15) is 0 Å². The fourth-order valence-electron chi connectivity index (χ4n) is 0. The van der Waals surface area contributed by atoms with Crippen LogP contribution in [0.1, 0.15) is 6.92 Å². The average Bonchev–Trinajstić information content (AvgIpc) is 1.31. The van der Waals surface area contributed by atoms with Gasteiger partial charge in [0.1, 0.15) is 0 Å². The van der Waals surface area contributed by atoms with Gasteiger partial charge in [-0.1, -0.05) is 6.58 Å². The monoisotopic (exact) mass is 158 g/mol. The van der Waals surface area contributed by atoms with Crippen LogP contribution in [0.25, 0.3) is 0 Å². The van der Waals surface area contributed by atoms with Crippen molar-refractivity contribution in [2.75, 3.05) is 0 Å². The number of hydrogen-bond acceptors (Lipinski definition) is 1. The molecule has 0 aliphatic heterocycles. The van der Waals surface area contributed by atoms with Crippen molar-refractivity contribution in [2.24, 2.45) is 0 Å². The molecular formula is C3H5Cl2OP. The van der Waals surface area contributed by atoms with Crippen molar-refractivity contribution in [1.29, 1.82) is 0 Å². The van der Waals surface area contributed by atoms with Crippen LogP contribution < -0.4 is 0 Å². The van der Waals surface area contributed by atoms with Crippen LogP contribution in [0.15, 0.2) is 11.9 Å². The minimum Gasteiger partial charge on any atom is -0.284 e. The molecule has 4 heteroatoms. The SMILES string of the molecule is C=C(C)P(=O)(Cl)Cl. The minimum atomic E-state index is -2.99. The van der Waals surface area contributed by atoms with E-state index in [4.69, 9.17) is 22.5 Å². The Hall–Kier alpha value is 0.550. The molecule has 0 rings (SSSR count). The second kappa shape index (κ2) is 2.21. The standard InChI is InChI=1S/C3H5Cl2OP/c1-3(2)7(4,5)6/h1H2,2H3. The van der Waals surface area contributed by atoms with Gasteiger partial charge in [-0.25, -0.2) is 0 Å². The maximum atomic E-state index is 10.3. The normalized spacial score (nSPS) is 11.3. The number of allylic oxidation sites excluding steroid dienone is 1. The molecule has 0 unspecified atom stereocenters. The largest absolute Gasteiger partial charge is 0.284 e. The van der Waals surface area contributed by atoms with Crippen LogP contribution in [0.4, 0.5) is 0 Å². The lowest BCUT2D eigenvalue weighted by Crippen LogP contribution is -1.56. The summed E-state index contributed by atoms with van der Waals surface area (Å²) in [5.74, 6) is -2.99. The van der Waals surface area contributed by atoms with Crippen LogP contribution in [0, 0.1) is 0 Å². The van der Waals surface area contributed by atoms with E-state index in [1.54, 1.807) is 0 Å². The van der Waals surface area contributed by atoms with Crippen LogP contribution >= 0.6 is 28.3 Å². The second-order valence-corrected chi connectivity index (χ2v) is 6.26. The Labute approximate surface area is 52.3 Å². The lowest BCUT2D eigenvalue weighted by atomic mass is 10.8. The van der Waals surface area contributed by atoms with Crippen LogP contribution in [0.5, 0.6) is 0 Å². The third-order valence-corrected chi connectivity index (χ3v) is 3.06. The van der Waals surface area contributed by atoms with E-state index in [1.165, 1.54) is 6.92 Å². The molecule has 0 aromatic carbocycles. The van der Waals surface area contributed by atoms with E-state index in [1.807, 2.05) is 0 Å². The van der Waals surface area contributed by atoms with Crippen molar-refractivity contribution < 1.29 is 4.57 Å². The number of rotatable bonds is 1. The molecule has 42 valence electrons. The van der Waals surface area contributed by atoms with Gasteiger partial charge in [-0.05, 0) is 29.4 Å². The van der Waals surface area contributed by atoms with E-state index < -0.39 is 5.85 Å². The van der Waals surface area contributed by atoms with E-state index in [2.05, 4.69) is 6.58 Å². The average molecular weight is 159 g/mol. The second-order valence-electron chi connectivity index (χ2n) is 1.20. The molecule has 0 N–H and O–H groups in total. The third kappa shape index (κ3) is 3.16. The van der Waals surface area contributed by atoms with Gasteiger partial charge in [-0.15, -0.1) is 0 Å². The van der Waals surface area contributed by atoms with Crippen molar-refractivity contribution in [1.82, 2.24) is 0 Å². The first-order valence-corrected chi connectivity index (χ1v) is 5.11. The van der Waals surface area contributed by atoms with Crippen molar-refractivity contribution in [3.63, 3.8) is 0 Å². The van der Waals surface area contributed by atoms with Gasteiger partial charge >= 0.3 is 0 Å². The quantitative estimate of drug-likeness (QED) is 0.536. The van der Waals surface area contributed by atoms with Gasteiger partial charge in [0.2, 0.25) is 0 Å². The molecule has 0 aliphatic carbocycles. The first-order chi connectivity index (χ1) is 2.94. The highest BCUT2D eigenvalue weighted by Gasteiger charge is 2.12. The predicted molar refractivity (Wildman–Crippen MR) is 34.1 cm³/mol. The summed E-state index contributed by atoms with van der Waals surface area (Å²) in [4.78, 5) is 0. The highest BCUT2D eigenvalue weighted by molar-refractivity contribution is 8.11. The topological polar surface area (TPSA) is 17.1 Å². The smallest absolute Gasteiger partial charge is 0.277 e. The summed E-state index contributed by atoms with van der Waals surface area (Å²) < 4.78 is 10.3. The molecule has 1 nitrogen and oxygen atoms in total. The van der Waals surface area contributed by atoms with Crippen molar-refractivity contribution in [2.45, 2.75) is 6.92 Å². The maximum Gasteiger partial charge on any atom is 0.277 e. The molecule has 0 heterocycles. The summed E-state index contributed by atoms with van der Waals surface area (Å²) in [6.45, 7) is 4.83. The van der Waals surface area contributed by atoms with E-state index >= 15 is 0 Å². The molecule has 0 fully saturated rings. The molecule has 0 saturated carbocycles. The Morgan fingerprint density at radius 3 is 1.86 bits per heavy atom. The molecule has 0 amide bonds. The molecule has 0 radical (unpaired) electrons. The first kappa shape index (κ1) is 7.55. The summed E-state index contributed by atoms with van der Waals surface area (Å²) in [6.07, 6.45) is 0. The highest BCUT2D eigenvalue weighted by atomic mass is 35.9. The zero-order valence-electron chi connectivity index (χ0n) is 3.82. The van der Waals surface area contributed by atoms with Crippen LogP contribution in [-0.4, -0.2) is 0 Å². The Kier molecular flexibility index (Phi) is 2.39. The van der Waals surface area contributed by atoms with Gasteiger partial charge in [0, 0.05) is 5.31 Å². The summed E-state index contributed by atoms with van der Waals surface area (Å²) >= 11 is 10.2. The molecule has 0 bridgehead atoms. The van der Waals surface area contributed by atoms with Crippen molar-refractivity contribution in [3.8, 4) is 0 Å². The van der Waals surface area contributed by atoms with Gasteiger partial charge in [-0.3, -0.25) is 4.57 Å². The van der Waals surface area contributed by atoms with Crippen molar-refractivity contribution in [3.05, 3.63) is 11.9 Å². The fourth-order valence-corrected chi connectivity index (χ4v) is 0. The Balaban J connectivity index is 4.09. The van der Waals surface area contributed by atoms with E-state index in [0.29, 0.717) is 5.31 Å². The van der Waals surface area contributed by atoms with Gasteiger partial charge in [0.15, 0.2) is 0 Å². The molecule has 0 saturated heterocycles. The van der Waals surface area contributed by atoms with Crippen LogP contribution in [0.3, 0.4) is 0 Å². The van der Waals surface area contributed by atoms with E-state index in [0.717, 1.165) is 0 Å². The summed E-state index contributed by atoms with van der Waals surface area (Å²) in [5.41, 5.74) is 0. The lowest BCUT2D eigenvalue weighted by Gasteiger charge is -1.94. The Morgan fingerprint density at radius 1 is 1.71 bits per heavy atom. The number of hydrogen-bond donors (Lipinski definition) is 0. The Morgan fingerprint density at radius 2 is 1.86 bits per heavy atom. The van der Waals surface area contributed by atoms with Gasteiger partial charge < -0.3 is 0 Å². The Bertz CT molecular complexity index is 125. The fraction of sp³-hybridized carbons (Fsp3) is 0.333. The zero-order chi connectivity index (χ0) is 6.08. The molecule has 0 atom stereocenters. The van der Waals surface area contributed by atoms with Crippen LogP contribution in [-0.2, 0) is 4.57 Å². The molecular weight excluding hydrogens is 154 g/mol. The summed E-state index contributed by atoms with van der Waals surface area (Å²) in [6, 6.07) is 0. The molecule has 0 spiro atoms.